The lowest BCUT2D eigenvalue weighted by molar-refractivity contribution is 0.102. The molecule has 1 N–H and O–H groups in total. The molecule has 1 aromatic carbocycles. The fraction of sp³-hybridized carbons (Fsp3) is 0.250. The quantitative estimate of drug-likeness (QED) is 0.896. The van der Waals surface area contributed by atoms with Crippen LogP contribution in [-0.2, 0) is 11.2 Å². The van der Waals surface area contributed by atoms with Crippen molar-refractivity contribution >= 4 is 22.4 Å². The van der Waals surface area contributed by atoms with Crippen LogP contribution in [0.25, 0.3) is 0 Å². The molecule has 0 spiro atoms. The van der Waals surface area contributed by atoms with Crippen molar-refractivity contribution < 1.29 is 9.53 Å². The second-order valence-electron chi connectivity index (χ2n) is 3.56. The molecule has 0 radical (unpaired) electrons. The van der Waals surface area contributed by atoms with Crippen molar-refractivity contribution in [2.45, 2.75) is 6.42 Å². The number of anilines is 1. The van der Waals surface area contributed by atoms with Crippen LogP contribution in [0.3, 0.4) is 0 Å². The van der Waals surface area contributed by atoms with E-state index in [1.165, 1.54) is 11.3 Å². The Morgan fingerprint density at radius 1 is 1.33 bits per heavy atom. The Balaban J connectivity index is 1.97. The largest absolute Gasteiger partial charge is 0.384 e. The number of nitrogens with one attached hydrogen (secondary N) is 1. The number of nitrogens with zero attached hydrogens (tertiary/aromatic N) is 2. The van der Waals surface area contributed by atoms with E-state index in [2.05, 4.69) is 15.5 Å². The van der Waals surface area contributed by atoms with Crippen LogP contribution in [0.15, 0.2) is 30.3 Å². The Hall–Kier alpha value is -1.79. The number of carbonyl (C=O) groups excluding carboxylic acids is 1. The molecule has 0 saturated heterocycles. The maximum Gasteiger partial charge on any atom is 0.257 e. The van der Waals surface area contributed by atoms with Crippen LogP contribution in [0, 0.1) is 0 Å². The van der Waals surface area contributed by atoms with Crippen LogP contribution >= 0.6 is 11.3 Å². The molecule has 6 heteroatoms. The van der Waals surface area contributed by atoms with Crippen molar-refractivity contribution in [2.24, 2.45) is 0 Å². The van der Waals surface area contributed by atoms with Gasteiger partial charge in [-0.15, -0.1) is 10.2 Å². The molecular formula is C12H13N3O2S. The summed E-state index contributed by atoms with van der Waals surface area (Å²) in [5.41, 5.74) is 0.603. The number of benzene rings is 1. The average molecular weight is 263 g/mol. The monoisotopic (exact) mass is 263 g/mol. The minimum Gasteiger partial charge on any atom is -0.384 e. The van der Waals surface area contributed by atoms with Crippen molar-refractivity contribution in [3.63, 3.8) is 0 Å². The van der Waals surface area contributed by atoms with Gasteiger partial charge in [0.05, 0.1) is 6.61 Å². The zero-order chi connectivity index (χ0) is 12.8. The third-order valence-electron chi connectivity index (χ3n) is 2.24. The van der Waals surface area contributed by atoms with Crippen LogP contribution < -0.4 is 5.32 Å². The van der Waals surface area contributed by atoms with Crippen molar-refractivity contribution in [3.8, 4) is 0 Å². The summed E-state index contributed by atoms with van der Waals surface area (Å²) in [6.07, 6.45) is 0.704. The SMILES string of the molecule is COCCc1nnc(NC(=O)c2ccccc2)s1. The predicted octanol–water partition coefficient (Wildman–Crippen LogP) is 1.98. The van der Waals surface area contributed by atoms with Crippen LogP contribution in [0.2, 0.25) is 0 Å². The lowest BCUT2D eigenvalue weighted by Crippen LogP contribution is -2.11. The van der Waals surface area contributed by atoms with Gasteiger partial charge in [-0.25, -0.2) is 0 Å². The van der Waals surface area contributed by atoms with E-state index in [4.69, 9.17) is 4.74 Å². The average Bonchev–Trinajstić information content (AvgIpc) is 2.85. The van der Waals surface area contributed by atoms with Gasteiger partial charge < -0.3 is 4.74 Å². The van der Waals surface area contributed by atoms with Crippen molar-refractivity contribution in [3.05, 3.63) is 40.9 Å². The van der Waals surface area contributed by atoms with E-state index < -0.39 is 0 Å². The highest BCUT2D eigenvalue weighted by molar-refractivity contribution is 7.15. The summed E-state index contributed by atoms with van der Waals surface area (Å²) in [6, 6.07) is 9.01. The van der Waals surface area contributed by atoms with Crippen molar-refractivity contribution in [2.75, 3.05) is 19.0 Å². The molecule has 0 unspecified atom stereocenters. The minimum atomic E-state index is -0.176. The maximum absolute atomic E-state index is 11.8. The Morgan fingerprint density at radius 2 is 2.11 bits per heavy atom. The standard InChI is InChI=1S/C12H13N3O2S/c1-17-8-7-10-14-15-12(18-10)13-11(16)9-5-3-2-4-6-9/h2-6H,7-8H2,1H3,(H,13,15,16). The normalized spacial score (nSPS) is 10.3. The number of methoxy groups -OCH3 is 1. The topological polar surface area (TPSA) is 64.1 Å². The van der Waals surface area contributed by atoms with E-state index in [9.17, 15) is 4.79 Å². The number of carbonyl (C=O) groups is 1. The van der Waals surface area contributed by atoms with E-state index in [-0.39, 0.29) is 5.91 Å². The van der Waals surface area contributed by atoms with Gasteiger partial charge in [0.2, 0.25) is 5.13 Å². The second kappa shape index (κ2) is 6.23. The minimum absolute atomic E-state index is 0.176. The highest BCUT2D eigenvalue weighted by Gasteiger charge is 2.09. The number of rotatable bonds is 5. The first-order valence-electron chi connectivity index (χ1n) is 5.47. The molecule has 0 bridgehead atoms. The molecule has 94 valence electrons. The first kappa shape index (κ1) is 12.7. The summed E-state index contributed by atoms with van der Waals surface area (Å²) < 4.78 is 4.96. The Kier molecular flexibility index (Phi) is 4.38. The van der Waals surface area contributed by atoms with Crippen LogP contribution in [-0.4, -0.2) is 29.8 Å². The zero-order valence-electron chi connectivity index (χ0n) is 9.92. The lowest BCUT2D eigenvalue weighted by atomic mass is 10.2. The van der Waals surface area contributed by atoms with Gasteiger partial charge in [0.1, 0.15) is 5.01 Å². The molecule has 2 rings (SSSR count). The second-order valence-corrected chi connectivity index (χ2v) is 4.63. The zero-order valence-corrected chi connectivity index (χ0v) is 10.7. The van der Waals surface area contributed by atoms with E-state index in [1.807, 2.05) is 18.2 Å². The summed E-state index contributed by atoms with van der Waals surface area (Å²) in [5, 5.41) is 12.0. The van der Waals surface area contributed by atoms with Gasteiger partial charge in [-0.2, -0.15) is 0 Å². The van der Waals surface area contributed by atoms with E-state index in [0.717, 1.165) is 5.01 Å². The molecule has 0 fully saturated rings. The molecule has 0 saturated carbocycles. The fourth-order valence-electron chi connectivity index (χ4n) is 1.35. The molecule has 1 amide bonds. The van der Waals surface area contributed by atoms with Gasteiger partial charge in [-0.1, -0.05) is 29.5 Å². The number of hydrogen-bond donors (Lipinski definition) is 1. The van der Waals surface area contributed by atoms with Gasteiger partial charge in [-0.05, 0) is 12.1 Å². The Morgan fingerprint density at radius 3 is 2.83 bits per heavy atom. The lowest BCUT2D eigenvalue weighted by Gasteiger charge is -1.99. The fourth-order valence-corrected chi connectivity index (χ4v) is 2.07. The van der Waals surface area contributed by atoms with E-state index in [1.54, 1.807) is 19.2 Å². The van der Waals surface area contributed by atoms with Gasteiger partial charge in [0.15, 0.2) is 0 Å². The molecule has 5 nitrogen and oxygen atoms in total. The molecule has 0 aliphatic carbocycles. The summed E-state index contributed by atoms with van der Waals surface area (Å²) in [4.78, 5) is 11.8. The van der Waals surface area contributed by atoms with Crippen LogP contribution in [0.1, 0.15) is 15.4 Å². The third-order valence-corrected chi connectivity index (χ3v) is 3.14. The Bertz CT molecular complexity index is 513. The predicted molar refractivity (Wildman–Crippen MR) is 69.9 cm³/mol. The molecule has 18 heavy (non-hydrogen) atoms. The van der Waals surface area contributed by atoms with Gasteiger partial charge in [-0.3, -0.25) is 10.1 Å². The number of amides is 1. The third kappa shape index (κ3) is 3.35. The number of hydrogen-bond acceptors (Lipinski definition) is 5. The number of aromatic nitrogens is 2. The molecule has 0 aliphatic rings. The first-order valence-corrected chi connectivity index (χ1v) is 6.29. The smallest absolute Gasteiger partial charge is 0.257 e. The van der Waals surface area contributed by atoms with E-state index >= 15 is 0 Å². The van der Waals surface area contributed by atoms with Crippen LogP contribution in [0.4, 0.5) is 5.13 Å². The van der Waals surface area contributed by atoms with Gasteiger partial charge in [0, 0.05) is 19.1 Å². The summed E-state index contributed by atoms with van der Waals surface area (Å²) >= 11 is 1.36. The molecule has 1 heterocycles. The highest BCUT2D eigenvalue weighted by atomic mass is 32.1. The molecular weight excluding hydrogens is 250 g/mol. The van der Waals surface area contributed by atoms with Gasteiger partial charge in [0.25, 0.3) is 5.91 Å². The Labute approximate surface area is 109 Å². The molecule has 2 aromatic rings. The van der Waals surface area contributed by atoms with Crippen molar-refractivity contribution in [1.29, 1.82) is 0 Å². The summed E-state index contributed by atoms with van der Waals surface area (Å²) in [5.74, 6) is -0.176. The van der Waals surface area contributed by atoms with Gasteiger partial charge >= 0.3 is 0 Å². The molecule has 0 aliphatic heterocycles. The maximum atomic E-state index is 11.8. The highest BCUT2D eigenvalue weighted by Crippen LogP contribution is 2.16. The molecule has 1 aromatic heterocycles. The molecule has 0 atom stereocenters. The summed E-state index contributed by atoms with van der Waals surface area (Å²) in [6.45, 7) is 0.598. The number of ether oxygens (including phenoxy) is 1. The first-order chi connectivity index (χ1) is 8.79. The van der Waals surface area contributed by atoms with Crippen molar-refractivity contribution in [1.82, 2.24) is 10.2 Å². The van der Waals surface area contributed by atoms with E-state index in [0.29, 0.717) is 23.7 Å². The van der Waals surface area contributed by atoms with Crippen LogP contribution in [0.5, 0.6) is 0 Å². The summed E-state index contributed by atoms with van der Waals surface area (Å²) in [7, 11) is 1.64.